The second-order valence-electron chi connectivity index (χ2n) is 8.86. The third-order valence-corrected chi connectivity index (χ3v) is 6.12. The van der Waals surface area contributed by atoms with Crippen molar-refractivity contribution in [2.45, 2.75) is 92.1 Å². The Morgan fingerprint density at radius 3 is 2.57 bits per heavy atom. The minimum atomic E-state index is -1.01. The Bertz CT molecular complexity index is 633. The third-order valence-electron chi connectivity index (χ3n) is 6.12. The van der Waals surface area contributed by atoms with Crippen LogP contribution in [0.4, 0.5) is 0 Å². The number of ether oxygens (including phenoxy) is 3. The molecule has 0 N–H and O–H groups in total. The lowest BCUT2D eigenvalue weighted by Crippen LogP contribution is -2.43. The molecule has 1 saturated carbocycles. The zero-order valence-corrected chi connectivity index (χ0v) is 19.1. The molecule has 0 aromatic rings. The van der Waals surface area contributed by atoms with Crippen LogP contribution in [0, 0.1) is 28.9 Å². The highest BCUT2D eigenvalue weighted by Gasteiger charge is 2.50. The van der Waals surface area contributed by atoms with E-state index in [-0.39, 0.29) is 29.7 Å². The van der Waals surface area contributed by atoms with E-state index in [1.165, 1.54) is 0 Å². The summed E-state index contributed by atoms with van der Waals surface area (Å²) in [7, 11) is 0. The van der Waals surface area contributed by atoms with Crippen LogP contribution in [0.2, 0.25) is 0 Å². The monoisotopic (exact) mass is 427 g/mol. The Hall–Kier alpha value is -1.83. The van der Waals surface area contributed by atoms with Crippen LogP contribution in [0.1, 0.15) is 73.6 Å². The van der Waals surface area contributed by atoms with Crippen LogP contribution in [-0.4, -0.2) is 47.7 Å². The van der Waals surface area contributed by atoms with Crippen LogP contribution in [0.15, 0.2) is 0 Å². The van der Waals surface area contributed by atoms with Crippen molar-refractivity contribution in [2.24, 2.45) is 23.7 Å². The van der Waals surface area contributed by atoms with E-state index in [2.05, 4.69) is 20.8 Å². The number of hydrogen-bond acceptors (Lipinski definition) is 7. The largest absolute Gasteiger partial charge is 0.458 e. The Morgan fingerprint density at radius 2 is 1.97 bits per heavy atom. The molecule has 0 bridgehead atoms. The van der Waals surface area contributed by atoms with Crippen molar-refractivity contribution in [1.82, 2.24) is 0 Å². The van der Waals surface area contributed by atoms with Crippen molar-refractivity contribution < 1.29 is 33.5 Å². The lowest BCUT2D eigenvalue weighted by molar-refractivity contribution is -0.752. The number of esters is 2. The molecule has 1 heterocycles. The number of carbonyl (C=O) groups excluding carboxylic acids is 2. The lowest BCUT2D eigenvalue weighted by Gasteiger charge is -2.38. The highest BCUT2D eigenvalue weighted by atomic mass is 16.9. The molecule has 6 atom stereocenters. The van der Waals surface area contributed by atoms with Gasteiger partial charge in [0.15, 0.2) is 0 Å². The fourth-order valence-corrected chi connectivity index (χ4v) is 4.19. The maximum atomic E-state index is 12.7. The van der Waals surface area contributed by atoms with E-state index in [1.807, 2.05) is 6.92 Å². The van der Waals surface area contributed by atoms with E-state index in [1.54, 1.807) is 13.8 Å². The van der Waals surface area contributed by atoms with E-state index in [4.69, 9.17) is 19.0 Å². The van der Waals surface area contributed by atoms with Gasteiger partial charge in [-0.25, -0.2) is 4.79 Å². The van der Waals surface area contributed by atoms with Gasteiger partial charge in [-0.1, -0.05) is 34.1 Å². The molecular weight excluding hydrogens is 390 g/mol. The van der Waals surface area contributed by atoms with E-state index in [0.29, 0.717) is 24.2 Å². The maximum Gasteiger partial charge on any atom is 0.405 e. The van der Waals surface area contributed by atoms with Crippen molar-refractivity contribution >= 4 is 17.7 Å². The molecule has 1 saturated heterocycles. The first-order valence-corrected chi connectivity index (χ1v) is 11.2. The second-order valence-corrected chi connectivity index (χ2v) is 8.86. The molecule has 0 radical (unpaired) electrons. The Kier molecular flexibility index (Phi) is 8.94. The lowest BCUT2D eigenvalue weighted by atomic mass is 9.75. The minimum Gasteiger partial charge on any atom is -0.458 e. The van der Waals surface area contributed by atoms with Crippen LogP contribution in [0.3, 0.4) is 0 Å². The van der Waals surface area contributed by atoms with E-state index >= 15 is 0 Å². The first-order chi connectivity index (χ1) is 14.2. The Morgan fingerprint density at radius 1 is 1.27 bits per heavy atom. The number of carbonyl (C=O) groups is 2. The molecule has 8 heteroatoms. The van der Waals surface area contributed by atoms with Crippen molar-refractivity contribution in [3.8, 4) is 0 Å². The summed E-state index contributed by atoms with van der Waals surface area (Å²) < 4.78 is 16.8. The van der Waals surface area contributed by atoms with E-state index < -0.39 is 30.3 Å². The van der Waals surface area contributed by atoms with Crippen molar-refractivity contribution in [3.63, 3.8) is 0 Å². The molecule has 1 aliphatic heterocycles. The predicted octanol–water partition coefficient (Wildman–Crippen LogP) is 3.60. The molecule has 0 aromatic heterocycles. The standard InChI is InChI=1S/C22H37NO7/c1-7-15(6)30-23(26)20(21(25)27-8-2)17-12-19(24)29-22(17)28-18-11-14(5)9-10-16(18)13(3)4/h13-18,22H,7-12H2,1-6H3/b23-20-/t14-,15?,16+,17+,18-,22-/m1/s1. The van der Waals surface area contributed by atoms with Crippen LogP contribution in [0.25, 0.3) is 0 Å². The fraction of sp³-hybridized carbons (Fsp3) is 0.864. The zero-order valence-electron chi connectivity index (χ0n) is 19.1. The average molecular weight is 428 g/mol. The van der Waals surface area contributed by atoms with Crippen LogP contribution in [0.5, 0.6) is 0 Å². The summed E-state index contributed by atoms with van der Waals surface area (Å²) in [5.41, 5.74) is -0.280. The van der Waals surface area contributed by atoms with Crippen molar-refractivity contribution in [3.05, 3.63) is 5.21 Å². The Balaban J connectivity index is 2.31. The molecule has 172 valence electrons. The number of cyclic esters (lactones) is 1. The molecule has 2 rings (SSSR count). The number of hydrogen-bond donors (Lipinski definition) is 0. The van der Waals surface area contributed by atoms with Gasteiger partial charge in [-0.3, -0.25) is 10.0 Å². The molecule has 2 aliphatic rings. The minimum absolute atomic E-state index is 0.0993. The SMILES string of the molecule is CCOC(=O)/C([C@@H]1CC(=O)O[C@H]1O[C@@H]1C[C@H](C)CC[C@H]1C(C)C)=[N+](/[O-])OC(C)CC. The van der Waals surface area contributed by atoms with Crippen molar-refractivity contribution in [2.75, 3.05) is 6.61 Å². The van der Waals surface area contributed by atoms with Crippen molar-refractivity contribution in [1.29, 1.82) is 0 Å². The highest BCUT2D eigenvalue weighted by molar-refractivity contribution is 6.35. The van der Waals surface area contributed by atoms with E-state index in [0.717, 1.165) is 19.3 Å². The average Bonchev–Trinajstić information content (AvgIpc) is 3.01. The maximum absolute atomic E-state index is 12.7. The molecular formula is C22H37NO7. The van der Waals surface area contributed by atoms with Gasteiger partial charge in [-0.05, 0) is 50.9 Å². The Labute approximate surface area is 179 Å². The fourth-order valence-electron chi connectivity index (χ4n) is 4.19. The summed E-state index contributed by atoms with van der Waals surface area (Å²) in [6, 6.07) is 0. The molecule has 0 amide bonds. The van der Waals surface area contributed by atoms with Gasteiger partial charge >= 0.3 is 17.7 Å². The molecule has 30 heavy (non-hydrogen) atoms. The molecule has 1 aliphatic carbocycles. The second kappa shape index (κ2) is 11.0. The molecule has 1 unspecified atom stereocenters. The topological polar surface area (TPSA) is 97.1 Å². The summed E-state index contributed by atoms with van der Waals surface area (Å²) >= 11 is 0. The highest BCUT2D eigenvalue weighted by Crippen LogP contribution is 2.38. The summed E-state index contributed by atoms with van der Waals surface area (Å²) in [6.07, 6.45) is 1.97. The predicted molar refractivity (Wildman–Crippen MR) is 110 cm³/mol. The molecule has 0 spiro atoms. The van der Waals surface area contributed by atoms with Crippen LogP contribution in [-0.2, 0) is 28.6 Å². The summed E-state index contributed by atoms with van der Waals surface area (Å²) in [5, 5.41) is 12.7. The normalized spacial score (nSPS) is 31.2. The quantitative estimate of drug-likeness (QED) is 0.240. The summed E-state index contributed by atoms with van der Waals surface area (Å²) in [4.78, 5) is 30.3. The molecule has 0 aromatic carbocycles. The smallest absolute Gasteiger partial charge is 0.405 e. The van der Waals surface area contributed by atoms with Gasteiger partial charge in [0.25, 0.3) is 0 Å². The van der Waals surface area contributed by atoms with Gasteiger partial charge < -0.3 is 19.0 Å². The summed E-state index contributed by atoms with van der Waals surface area (Å²) in [6.45, 7) is 11.8. The first kappa shape index (κ1) is 24.4. The van der Waals surface area contributed by atoms with Crippen LogP contribution < -0.4 is 0 Å². The third kappa shape index (κ3) is 6.09. The van der Waals surface area contributed by atoms with Gasteiger partial charge in [-0.2, -0.15) is 0 Å². The van der Waals surface area contributed by atoms with Gasteiger partial charge in [0, 0.05) is 4.90 Å². The van der Waals surface area contributed by atoms with Gasteiger partial charge in [0.05, 0.1) is 25.2 Å². The molecule has 8 nitrogen and oxygen atoms in total. The van der Waals surface area contributed by atoms with Crippen LogP contribution >= 0.6 is 0 Å². The van der Waals surface area contributed by atoms with Gasteiger partial charge in [0.2, 0.25) is 6.29 Å². The van der Waals surface area contributed by atoms with Gasteiger partial charge in [-0.15, -0.1) is 0 Å². The number of rotatable bonds is 9. The summed E-state index contributed by atoms with van der Waals surface area (Å²) in [5.74, 6) is -0.955. The van der Waals surface area contributed by atoms with E-state index in [9.17, 15) is 14.8 Å². The first-order valence-electron chi connectivity index (χ1n) is 11.2. The zero-order chi connectivity index (χ0) is 22.4. The number of nitrogens with zero attached hydrogens (tertiary/aromatic N) is 1. The molecule has 2 fully saturated rings. The van der Waals surface area contributed by atoms with Gasteiger partial charge in [0.1, 0.15) is 5.92 Å².